The monoisotopic (exact) mass is 416 g/mol. The second-order valence-corrected chi connectivity index (χ2v) is 8.90. The molecule has 0 radical (unpaired) electrons. The van der Waals surface area contributed by atoms with Gasteiger partial charge in [0.05, 0.1) is 18.5 Å². The molecule has 0 bridgehead atoms. The van der Waals surface area contributed by atoms with Crippen molar-refractivity contribution in [2.45, 2.75) is 26.5 Å². The minimum absolute atomic E-state index is 0.00324. The van der Waals surface area contributed by atoms with E-state index in [1.165, 1.54) is 16.4 Å². The van der Waals surface area contributed by atoms with Gasteiger partial charge in [0, 0.05) is 39.8 Å². The Bertz CT molecular complexity index is 778. The highest BCUT2D eigenvalue weighted by Gasteiger charge is 2.28. The fourth-order valence-corrected chi connectivity index (χ4v) is 4.15. The third-order valence-corrected chi connectivity index (χ3v) is 6.23. The normalized spacial score (nSPS) is 16.6. The van der Waals surface area contributed by atoms with E-state index in [9.17, 15) is 17.9 Å². The topological polar surface area (TPSA) is 94.5 Å². The van der Waals surface area contributed by atoms with Crippen LogP contribution in [0.3, 0.4) is 0 Å². The SMILES string of the molecule is CN=C(NCc1ccc(O)c(F)c1)N1CCN(S(=O)(=O)CCOC(C)C)CC1. The number of piperazine rings is 1. The second kappa shape index (κ2) is 10.0. The van der Waals surface area contributed by atoms with Gasteiger partial charge in [0.15, 0.2) is 17.5 Å². The van der Waals surface area contributed by atoms with E-state index < -0.39 is 15.8 Å². The first-order valence-electron chi connectivity index (χ1n) is 9.25. The molecule has 1 aromatic carbocycles. The molecule has 1 aromatic rings. The van der Waals surface area contributed by atoms with Crippen LogP contribution in [-0.2, 0) is 21.3 Å². The third kappa shape index (κ3) is 6.32. The molecule has 10 heteroatoms. The van der Waals surface area contributed by atoms with Crippen LogP contribution in [-0.4, -0.2) is 80.4 Å². The quantitative estimate of drug-likeness (QED) is 0.508. The molecule has 1 aliphatic heterocycles. The smallest absolute Gasteiger partial charge is 0.216 e. The van der Waals surface area contributed by atoms with Gasteiger partial charge in [0.25, 0.3) is 0 Å². The van der Waals surface area contributed by atoms with Gasteiger partial charge >= 0.3 is 0 Å². The highest BCUT2D eigenvalue weighted by Crippen LogP contribution is 2.16. The zero-order chi connectivity index (χ0) is 20.7. The van der Waals surface area contributed by atoms with Crippen LogP contribution in [0, 0.1) is 5.82 Å². The van der Waals surface area contributed by atoms with Gasteiger partial charge in [-0.05, 0) is 31.5 Å². The van der Waals surface area contributed by atoms with Gasteiger partial charge in [0.1, 0.15) is 0 Å². The number of phenolic OH excluding ortho intramolecular Hbond substituents is 1. The predicted octanol–water partition coefficient (Wildman–Crippen LogP) is 0.979. The van der Waals surface area contributed by atoms with E-state index in [-0.39, 0.29) is 24.2 Å². The van der Waals surface area contributed by atoms with Crippen molar-refractivity contribution in [3.8, 4) is 5.75 Å². The maximum absolute atomic E-state index is 13.4. The summed E-state index contributed by atoms with van der Waals surface area (Å²) in [5.41, 5.74) is 0.669. The maximum atomic E-state index is 13.4. The number of aliphatic imine (C=N–C) groups is 1. The van der Waals surface area contributed by atoms with Gasteiger partial charge < -0.3 is 20.1 Å². The molecule has 1 aliphatic rings. The summed E-state index contributed by atoms with van der Waals surface area (Å²) in [6, 6.07) is 4.20. The zero-order valence-electron chi connectivity index (χ0n) is 16.6. The van der Waals surface area contributed by atoms with Crippen molar-refractivity contribution in [1.82, 2.24) is 14.5 Å². The van der Waals surface area contributed by atoms with E-state index in [0.29, 0.717) is 44.2 Å². The van der Waals surface area contributed by atoms with E-state index in [4.69, 9.17) is 4.74 Å². The average molecular weight is 417 g/mol. The number of aromatic hydroxyl groups is 1. The predicted molar refractivity (Wildman–Crippen MR) is 106 cm³/mol. The first-order valence-corrected chi connectivity index (χ1v) is 10.9. The number of ether oxygens (including phenoxy) is 1. The Balaban J connectivity index is 1.85. The van der Waals surface area contributed by atoms with E-state index in [2.05, 4.69) is 10.3 Å². The van der Waals surface area contributed by atoms with Crippen LogP contribution in [0.25, 0.3) is 0 Å². The van der Waals surface area contributed by atoms with Gasteiger partial charge in [-0.25, -0.2) is 12.8 Å². The lowest BCUT2D eigenvalue weighted by atomic mass is 10.2. The Morgan fingerprint density at radius 1 is 1.32 bits per heavy atom. The van der Waals surface area contributed by atoms with Crippen LogP contribution in [0.15, 0.2) is 23.2 Å². The molecular formula is C18H29FN4O4S. The minimum Gasteiger partial charge on any atom is -0.505 e. The summed E-state index contributed by atoms with van der Waals surface area (Å²) in [6.45, 7) is 6.04. The van der Waals surface area contributed by atoms with Crippen molar-refractivity contribution >= 4 is 16.0 Å². The average Bonchev–Trinajstić information content (AvgIpc) is 2.65. The highest BCUT2D eigenvalue weighted by molar-refractivity contribution is 7.89. The Morgan fingerprint density at radius 3 is 2.57 bits per heavy atom. The largest absolute Gasteiger partial charge is 0.505 e. The number of rotatable bonds is 7. The first kappa shape index (κ1) is 22.4. The fourth-order valence-electron chi connectivity index (χ4n) is 2.87. The molecule has 1 heterocycles. The van der Waals surface area contributed by atoms with Crippen LogP contribution in [0.2, 0.25) is 0 Å². The van der Waals surface area contributed by atoms with Crippen molar-refractivity contribution < 1.29 is 22.7 Å². The minimum atomic E-state index is -3.34. The van der Waals surface area contributed by atoms with Crippen LogP contribution in [0.5, 0.6) is 5.75 Å². The number of sulfonamides is 1. The fraction of sp³-hybridized carbons (Fsp3) is 0.611. The number of guanidine groups is 1. The molecular weight excluding hydrogens is 387 g/mol. The first-order chi connectivity index (χ1) is 13.2. The van der Waals surface area contributed by atoms with Crippen molar-refractivity contribution in [2.75, 3.05) is 45.6 Å². The van der Waals surface area contributed by atoms with E-state index >= 15 is 0 Å². The number of phenols is 1. The lowest BCUT2D eigenvalue weighted by Crippen LogP contribution is -2.54. The number of benzene rings is 1. The molecule has 1 fully saturated rings. The van der Waals surface area contributed by atoms with E-state index in [0.717, 1.165) is 0 Å². The second-order valence-electron chi connectivity index (χ2n) is 6.81. The van der Waals surface area contributed by atoms with Gasteiger partial charge in [-0.1, -0.05) is 6.07 Å². The van der Waals surface area contributed by atoms with Crippen LogP contribution < -0.4 is 5.32 Å². The van der Waals surface area contributed by atoms with Gasteiger partial charge in [-0.15, -0.1) is 0 Å². The summed E-state index contributed by atoms with van der Waals surface area (Å²) < 4.78 is 45.1. The standard InChI is InChI=1S/C18H29FN4O4S/c1-14(2)27-10-11-28(25,26)23-8-6-22(7-9-23)18(20-3)21-13-15-4-5-17(24)16(19)12-15/h4-5,12,14,24H,6-11,13H2,1-3H3,(H,20,21). The van der Waals surface area contributed by atoms with Crippen LogP contribution in [0.1, 0.15) is 19.4 Å². The molecule has 28 heavy (non-hydrogen) atoms. The molecule has 0 saturated carbocycles. The van der Waals surface area contributed by atoms with E-state index in [1.807, 2.05) is 18.7 Å². The molecule has 2 rings (SSSR count). The lowest BCUT2D eigenvalue weighted by molar-refractivity contribution is 0.0904. The zero-order valence-corrected chi connectivity index (χ0v) is 17.4. The summed E-state index contributed by atoms with van der Waals surface area (Å²) >= 11 is 0. The van der Waals surface area contributed by atoms with Crippen molar-refractivity contribution in [3.63, 3.8) is 0 Å². The third-order valence-electron chi connectivity index (χ3n) is 4.40. The van der Waals surface area contributed by atoms with Crippen molar-refractivity contribution in [2.24, 2.45) is 4.99 Å². The Morgan fingerprint density at radius 2 is 2.00 bits per heavy atom. The Labute approximate surface area is 166 Å². The molecule has 1 saturated heterocycles. The molecule has 0 unspecified atom stereocenters. The molecule has 0 aliphatic carbocycles. The summed E-state index contributed by atoms with van der Waals surface area (Å²) in [7, 11) is -1.70. The van der Waals surface area contributed by atoms with Crippen molar-refractivity contribution in [3.05, 3.63) is 29.6 Å². The van der Waals surface area contributed by atoms with Crippen molar-refractivity contribution in [1.29, 1.82) is 0 Å². The number of nitrogens with one attached hydrogen (secondary N) is 1. The summed E-state index contributed by atoms with van der Waals surface area (Å²) in [6.07, 6.45) is 0.00324. The molecule has 2 N–H and O–H groups in total. The summed E-state index contributed by atoms with van der Waals surface area (Å²) in [4.78, 5) is 6.19. The van der Waals surface area contributed by atoms with Crippen LogP contribution >= 0.6 is 0 Å². The van der Waals surface area contributed by atoms with Gasteiger partial charge in [-0.3, -0.25) is 4.99 Å². The van der Waals surface area contributed by atoms with Gasteiger partial charge in [0.2, 0.25) is 10.0 Å². The molecule has 0 atom stereocenters. The number of hydrogen-bond acceptors (Lipinski definition) is 5. The number of halogens is 1. The maximum Gasteiger partial charge on any atom is 0.216 e. The molecule has 0 amide bonds. The Kier molecular flexibility index (Phi) is 8.02. The van der Waals surface area contributed by atoms with E-state index in [1.54, 1.807) is 13.1 Å². The number of hydrogen-bond donors (Lipinski definition) is 2. The molecule has 0 spiro atoms. The number of nitrogens with zero attached hydrogens (tertiary/aromatic N) is 3. The summed E-state index contributed by atoms with van der Waals surface area (Å²) in [5.74, 6) is -0.461. The van der Waals surface area contributed by atoms with Gasteiger partial charge in [-0.2, -0.15) is 4.31 Å². The lowest BCUT2D eigenvalue weighted by Gasteiger charge is -2.35. The molecule has 8 nitrogen and oxygen atoms in total. The molecule has 0 aromatic heterocycles. The van der Waals surface area contributed by atoms with Crippen LogP contribution in [0.4, 0.5) is 4.39 Å². The summed E-state index contributed by atoms with van der Waals surface area (Å²) in [5, 5.41) is 12.4. The Hall–Kier alpha value is -1.91. The highest BCUT2D eigenvalue weighted by atomic mass is 32.2. The molecule has 158 valence electrons.